The third kappa shape index (κ3) is 4.40. The van der Waals surface area contributed by atoms with Crippen LogP contribution >= 0.6 is 0 Å². The minimum absolute atomic E-state index is 0.301. The fourth-order valence-electron chi connectivity index (χ4n) is 2.04. The van der Waals surface area contributed by atoms with Gasteiger partial charge in [0.25, 0.3) is 0 Å². The first-order chi connectivity index (χ1) is 6.86. The molecule has 1 heterocycles. The molecule has 1 rings (SSSR count). The Labute approximate surface area is 87.5 Å². The van der Waals surface area contributed by atoms with Crippen molar-refractivity contribution in [2.45, 2.75) is 38.6 Å². The van der Waals surface area contributed by atoms with E-state index in [0.29, 0.717) is 12.6 Å². The summed E-state index contributed by atoms with van der Waals surface area (Å²) in [5, 5.41) is 12.4. The molecule has 0 spiro atoms. The summed E-state index contributed by atoms with van der Waals surface area (Å²) in [6.07, 6.45) is 4.75. The summed E-state index contributed by atoms with van der Waals surface area (Å²) in [6.45, 7) is 7.15. The van der Waals surface area contributed by atoms with Gasteiger partial charge in [0, 0.05) is 19.2 Å². The predicted molar refractivity (Wildman–Crippen MR) is 59.5 cm³/mol. The van der Waals surface area contributed by atoms with Crippen LogP contribution in [-0.4, -0.2) is 48.8 Å². The van der Waals surface area contributed by atoms with Crippen LogP contribution in [0.4, 0.5) is 0 Å². The topological polar surface area (TPSA) is 35.5 Å². The molecular formula is C11H24N2O. The van der Waals surface area contributed by atoms with Crippen molar-refractivity contribution >= 4 is 0 Å². The van der Waals surface area contributed by atoms with Gasteiger partial charge in [-0.2, -0.15) is 0 Å². The van der Waals surface area contributed by atoms with Crippen molar-refractivity contribution in [3.8, 4) is 0 Å². The molecule has 1 unspecified atom stereocenters. The Balaban J connectivity index is 2.18. The molecule has 0 aromatic rings. The lowest BCUT2D eigenvalue weighted by atomic mass is 10.2. The van der Waals surface area contributed by atoms with E-state index in [4.69, 9.17) is 5.11 Å². The van der Waals surface area contributed by atoms with Crippen molar-refractivity contribution in [2.75, 3.05) is 32.8 Å². The molecular weight excluding hydrogens is 176 g/mol. The van der Waals surface area contributed by atoms with Crippen LogP contribution in [0, 0.1) is 0 Å². The van der Waals surface area contributed by atoms with E-state index in [-0.39, 0.29) is 0 Å². The second-order valence-electron chi connectivity index (χ2n) is 4.17. The minimum Gasteiger partial charge on any atom is -0.396 e. The van der Waals surface area contributed by atoms with Crippen LogP contribution < -0.4 is 5.32 Å². The highest BCUT2D eigenvalue weighted by molar-refractivity contribution is 4.75. The van der Waals surface area contributed by atoms with E-state index in [1.165, 1.54) is 32.4 Å². The van der Waals surface area contributed by atoms with Crippen molar-refractivity contribution in [3.05, 3.63) is 0 Å². The Kier molecular flexibility index (Phi) is 6.15. The average Bonchev–Trinajstić information content (AvgIpc) is 2.67. The first-order valence-corrected chi connectivity index (χ1v) is 5.93. The largest absolute Gasteiger partial charge is 0.396 e. The number of nitrogens with one attached hydrogen (secondary N) is 1. The summed E-state index contributed by atoms with van der Waals surface area (Å²) in [4.78, 5) is 2.50. The number of aliphatic hydroxyl groups excluding tert-OH is 1. The van der Waals surface area contributed by atoms with Gasteiger partial charge < -0.3 is 15.3 Å². The summed E-state index contributed by atoms with van der Waals surface area (Å²) >= 11 is 0. The highest BCUT2D eigenvalue weighted by atomic mass is 16.3. The predicted octanol–water partition coefficient (Wildman–Crippen LogP) is 0.833. The Hall–Kier alpha value is -0.120. The van der Waals surface area contributed by atoms with Crippen LogP contribution in [0.25, 0.3) is 0 Å². The molecule has 1 aliphatic rings. The maximum atomic E-state index is 8.95. The van der Waals surface area contributed by atoms with Gasteiger partial charge in [0.15, 0.2) is 0 Å². The van der Waals surface area contributed by atoms with Gasteiger partial charge in [-0.15, -0.1) is 0 Å². The van der Waals surface area contributed by atoms with Gasteiger partial charge in [-0.25, -0.2) is 0 Å². The molecule has 0 radical (unpaired) electrons. The molecule has 0 amide bonds. The Bertz CT molecular complexity index is 135. The van der Waals surface area contributed by atoms with Gasteiger partial charge in [0.05, 0.1) is 0 Å². The molecule has 1 aliphatic heterocycles. The number of rotatable bonds is 7. The van der Waals surface area contributed by atoms with E-state index in [1.54, 1.807) is 0 Å². The molecule has 0 aromatic carbocycles. The monoisotopic (exact) mass is 200 g/mol. The van der Waals surface area contributed by atoms with Gasteiger partial charge in [0.2, 0.25) is 0 Å². The number of nitrogens with zero attached hydrogens (tertiary/aromatic N) is 1. The van der Waals surface area contributed by atoms with E-state index >= 15 is 0 Å². The average molecular weight is 200 g/mol. The molecule has 0 saturated carbocycles. The zero-order chi connectivity index (χ0) is 10.2. The van der Waals surface area contributed by atoms with E-state index in [2.05, 4.69) is 17.1 Å². The molecule has 0 aliphatic carbocycles. The number of likely N-dealkylation sites (tertiary alicyclic amines) is 1. The fourth-order valence-corrected chi connectivity index (χ4v) is 2.04. The van der Waals surface area contributed by atoms with Gasteiger partial charge in [-0.3, -0.25) is 0 Å². The summed E-state index contributed by atoms with van der Waals surface area (Å²) in [5.74, 6) is 0. The number of hydrogen-bond acceptors (Lipinski definition) is 3. The van der Waals surface area contributed by atoms with E-state index < -0.39 is 0 Å². The molecule has 1 fully saturated rings. The first kappa shape index (κ1) is 12.0. The zero-order valence-corrected chi connectivity index (χ0v) is 9.34. The van der Waals surface area contributed by atoms with Crippen LogP contribution in [0.5, 0.6) is 0 Å². The van der Waals surface area contributed by atoms with Crippen molar-refractivity contribution in [1.29, 1.82) is 0 Å². The second kappa shape index (κ2) is 7.21. The van der Waals surface area contributed by atoms with E-state index in [9.17, 15) is 0 Å². The second-order valence-corrected chi connectivity index (χ2v) is 4.17. The lowest BCUT2D eigenvalue weighted by Crippen LogP contribution is -2.40. The summed E-state index contributed by atoms with van der Waals surface area (Å²) in [5.41, 5.74) is 0. The van der Waals surface area contributed by atoms with Gasteiger partial charge >= 0.3 is 0 Å². The van der Waals surface area contributed by atoms with Gasteiger partial charge in [0.1, 0.15) is 0 Å². The Morgan fingerprint density at radius 3 is 2.64 bits per heavy atom. The van der Waals surface area contributed by atoms with Gasteiger partial charge in [-0.1, -0.05) is 6.92 Å². The lowest BCUT2D eigenvalue weighted by Gasteiger charge is -2.23. The zero-order valence-electron chi connectivity index (χ0n) is 9.34. The molecule has 0 aromatic heterocycles. The highest BCUT2D eigenvalue weighted by Crippen LogP contribution is 2.08. The van der Waals surface area contributed by atoms with E-state index in [0.717, 1.165) is 19.5 Å². The smallest absolute Gasteiger partial charge is 0.0446 e. The molecule has 2 N–H and O–H groups in total. The molecule has 1 saturated heterocycles. The van der Waals surface area contributed by atoms with Crippen LogP contribution in [-0.2, 0) is 0 Å². The third-order valence-corrected chi connectivity index (χ3v) is 2.84. The molecule has 3 nitrogen and oxygen atoms in total. The SMILES string of the molecule is CCCNC(CCO)CN1CCCC1. The first-order valence-electron chi connectivity index (χ1n) is 5.93. The molecule has 1 atom stereocenters. The van der Waals surface area contributed by atoms with Crippen LogP contribution in [0.2, 0.25) is 0 Å². The van der Waals surface area contributed by atoms with Crippen molar-refractivity contribution in [2.24, 2.45) is 0 Å². The Morgan fingerprint density at radius 2 is 2.07 bits per heavy atom. The van der Waals surface area contributed by atoms with Crippen LogP contribution in [0.3, 0.4) is 0 Å². The molecule has 0 bridgehead atoms. The molecule has 14 heavy (non-hydrogen) atoms. The van der Waals surface area contributed by atoms with Crippen LogP contribution in [0.1, 0.15) is 32.6 Å². The Morgan fingerprint density at radius 1 is 1.36 bits per heavy atom. The normalized spacial score (nSPS) is 20.1. The molecule has 3 heteroatoms. The fraction of sp³-hybridized carbons (Fsp3) is 1.00. The number of hydrogen-bond donors (Lipinski definition) is 2. The lowest BCUT2D eigenvalue weighted by molar-refractivity contribution is 0.229. The highest BCUT2D eigenvalue weighted by Gasteiger charge is 2.16. The molecule has 84 valence electrons. The van der Waals surface area contributed by atoms with Crippen molar-refractivity contribution < 1.29 is 5.11 Å². The summed E-state index contributed by atoms with van der Waals surface area (Å²) in [7, 11) is 0. The summed E-state index contributed by atoms with van der Waals surface area (Å²) in [6, 6.07) is 0.484. The van der Waals surface area contributed by atoms with E-state index in [1.807, 2.05) is 0 Å². The van der Waals surface area contributed by atoms with Gasteiger partial charge in [-0.05, 0) is 45.3 Å². The maximum absolute atomic E-state index is 8.95. The minimum atomic E-state index is 0.301. The van der Waals surface area contributed by atoms with Crippen LogP contribution in [0.15, 0.2) is 0 Å². The maximum Gasteiger partial charge on any atom is 0.0446 e. The third-order valence-electron chi connectivity index (χ3n) is 2.84. The number of aliphatic hydroxyl groups is 1. The van der Waals surface area contributed by atoms with Crippen molar-refractivity contribution in [3.63, 3.8) is 0 Å². The standard InChI is InChI=1S/C11H24N2O/c1-2-6-12-11(5-9-14)10-13-7-3-4-8-13/h11-12,14H,2-10H2,1H3. The quantitative estimate of drug-likeness (QED) is 0.639. The summed E-state index contributed by atoms with van der Waals surface area (Å²) < 4.78 is 0. The van der Waals surface area contributed by atoms with Crippen molar-refractivity contribution in [1.82, 2.24) is 10.2 Å².